The minimum atomic E-state index is -1.03. The number of rotatable bonds is 5. The van der Waals surface area contributed by atoms with Crippen LogP contribution in [0.15, 0.2) is 55.1 Å². The predicted octanol–water partition coefficient (Wildman–Crippen LogP) is 2.46. The minimum Gasteiger partial charge on any atom is -0.353 e. The molecule has 1 fully saturated rings. The first kappa shape index (κ1) is 20.7. The minimum absolute atomic E-state index is 0.133. The van der Waals surface area contributed by atoms with Crippen molar-refractivity contribution in [1.82, 2.24) is 24.7 Å². The largest absolute Gasteiger partial charge is 0.353 e. The highest BCUT2D eigenvalue weighted by atomic mass is 19.2. The van der Waals surface area contributed by atoms with Crippen LogP contribution in [0.3, 0.4) is 0 Å². The van der Waals surface area contributed by atoms with Gasteiger partial charge in [0.05, 0.1) is 11.6 Å². The highest BCUT2D eigenvalue weighted by Crippen LogP contribution is 2.25. The van der Waals surface area contributed by atoms with Crippen LogP contribution in [0.2, 0.25) is 0 Å². The van der Waals surface area contributed by atoms with Gasteiger partial charge < -0.3 is 15.1 Å². The van der Waals surface area contributed by atoms with Gasteiger partial charge in [-0.2, -0.15) is 5.10 Å². The molecule has 1 aliphatic heterocycles. The molecule has 168 valence electrons. The Morgan fingerprint density at radius 2 is 1.79 bits per heavy atom. The first-order valence-corrected chi connectivity index (χ1v) is 10.4. The quantitative estimate of drug-likeness (QED) is 0.499. The zero-order valence-electron chi connectivity index (χ0n) is 17.5. The Morgan fingerprint density at radius 1 is 0.970 bits per heavy atom. The molecule has 0 atom stereocenters. The van der Waals surface area contributed by atoms with Gasteiger partial charge in [-0.15, -0.1) is 0 Å². The number of hydrogen-bond acceptors (Lipinski definition) is 7. The van der Waals surface area contributed by atoms with Crippen molar-refractivity contribution in [3.63, 3.8) is 0 Å². The second kappa shape index (κ2) is 8.77. The molecule has 1 saturated heterocycles. The second-order valence-corrected chi connectivity index (χ2v) is 7.58. The summed E-state index contributed by atoms with van der Waals surface area (Å²) in [6.07, 6.45) is 4.88. The van der Waals surface area contributed by atoms with E-state index in [0.717, 1.165) is 55.3 Å². The SMILES string of the molecule is O=C(Cn1ncc2c(N3CCN(c4ccccn4)CC3)ncnc21)Nc1ccc(F)c(F)c1. The number of fused-ring (bicyclic) bond motifs is 1. The summed E-state index contributed by atoms with van der Waals surface area (Å²) in [7, 11) is 0. The molecule has 5 rings (SSSR count). The van der Waals surface area contributed by atoms with E-state index in [9.17, 15) is 13.6 Å². The van der Waals surface area contributed by atoms with Crippen LogP contribution in [0.25, 0.3) is 11.0 Å². The number of carbonyl (C=O) groups excluding carboxylic acids is 1. The fraction of sp³-hybridized carbons (Fsp3) is 0.227. The maximum Gasteiger partial charge on any atom is 0.246 e. The number of nitrogens with zero attached hydrogens (tertiary/aromatic N) is 7. The van der Waals surface area contributed by atoms with Crippen LogP contribution in [0.5, 0.6) is 0 Å². The highest BCUT2D eigenvalue weighted by Gasteiger charge is 2.22. The summed E-state index contributed by atoms with van der Waals surface area (Å²) in [6.45, 7) is 2.97. The molecule has 1 aromatic carbocycles. The van der Waals surface area contributed by atoms with Crippen LogP contribution >= 0.6 is 0 Å². The second-order valence-electron chi connectivity index (χ2n) is 7.58. The molecule has 4 aromatic rings. The lowest BCUT2D eigenvalue weighted by atomic mass is 10.2. The van der Waals surface area contributed by atoms with Crippen molar-refractivity contribution >= 4 is 34.3 Å². The van der Waals surface area contributed by atoms with Gasteiger partial charge >= 0.3 is 0 Å². The fourth-order valence-electron chi connectivity index (χ4n) is 3.85. The molecule has 1 N–H and O–H groups in total. The van der Waals surface area contributed by atoms with E-state index in [1.54, 1.807) is 12.4 Å². The Balaban J connectivity index is 1.29. The third-order valence-corrected chi connectivity index (χ3v) is 5.46. The van der Waals surface area contributed by atoms with E-state index in [0.29, 0.717) is 5.65 Å². The Bertz CT molecular complexity index is 1290. The van der Waals surface area contributed by atoms with Gasteiger partial charge in [0.2, 0.25) is 5.91 Å². The standard InChI is InChI=1S/C22H20F2N8O/c23-17-5-4-15(11-18(17)24)29-20(33)13-32-22-16(12-28-32)21(26-14-27-22)31-9-7-30(8-10-31)19-3-1-2-6-25-19/h1-6,11-12,14H,7-10,13H2,(H,29,33). The lowest BCUT2D eigenvalue weighted by Gasteiger charge is -2.36. The lowest BCUT2D eigenvalue weighted by Crippen LogP contribution is -2.47. The first-order valence-electron chi connectivity index (χ1n) is 10.4. The molecule has 1 amide bonds. The Morgan fingerprint density at radius 3 is 2.55 bits per heavy atom. The average Bonchev–Trinajstić information content (AvgIpc) is 3.25. The summed E-state index contributed by atoms with van der Waals surface area (Å²) < 4.78 is 27.9. The number of halogens is 2. The topological polar surface area (TPSA) is 92.1 Å². The summed E-state index contributed by atoms with van der Waals surface area (Å²) in [4.78, 5) is 30.0. The predicted molar refractivity (Wildman–Crippen MR) is 119 cm³/mol. The summed E-state index contributed by atoms with van der Waals surface area (Å²) >= 11 is 0. The molecular weight excluding hydrogens is 430 g/mol. The number of amides is 1. The molecule has 9 nitrogen and oxygen atoms in total. The van der Waals surface area contributed by atoms with Gasteiger partial charge in [0.25, 0.3) is 0 Å². The molecule has 3 aromatic heterocycles. The van der Waals surface area contributed by atoms with Crippen LogP contribution in [0, 0.1) is 11.6 Å². The number of piperazine rings is 1. The van der Waals surface area contributed by atoms with Crippen molar-refractivity contribution in [3.05, 3.63) is 66.8 Å². The van der Waals surface area contributed by atoms with Gasteiger partial charge in [-0.3, -0.25) is 4.79 Å². The fourth-order valence-corrected chi connectivity index (χ4v) is 3.85. The van der Waals surface area contributed by atoms with Crippen LogP contribution < -0.4 is 15.1 Å². The smallest absolute Gasteiger partial charge is 0.246 e. The van der Waals surface area contributed by atoms with Crippen molar-refractivity contribution in [2.75, 3.05) is 41.3 Å². The summed E-state index contributed by atoms with van der Waals surface area (Å²) in [5.41, 5.74) is 0.684. The van der Waals surface area contributed by atoms with E-state index in [1.807, 2.05) is 18.2 Å². The molecule has 1 aliphatic rings. The molecule has 0 saturated carbocycles. The molecule has 0 bridgehead atoms. The van der Waals surface area contributed by atoms with E-state index in [-0.39, 0.29) is 12.2 Å². The monoisotopic (exact) mass is 450 g/mol. The van der Waals surface area contributed by atoms with Crippen molar-refractivity contribution in [1.29, 1.82) is 0 Å². The molecule has 4 heterocycles. The molecule has 0 aliphatic carbocycles. The van der Waals surface area contributed by atoms with E-state index in [2.05, 4.69) is 35.2 Å². The van der Waals surface area contributed by atoms with E-state index < -0.39 is 17.5 Å². The number of pyridine rings is 1. The number of anilines is 3. The van der Waals surface area contributed by atoms with Crippen molar-refractivity contribution in [2.24, 2.45) is 0 Å². The average molecular weight is 450 g/mol. The van der Waals surface area contributed by atoms with Crippen molar-refractivity contribution in [3.8, 4) is 0 Å². The highest BCUT2D eigenvalue weighted by molar-refractivity contribution is 5.92. The molecule has 0 radical (unpaired) electrons. The Labute approximate surface area is 187 Å². The maximum atomic E-state index is 13.4. The van der Waals surface area contributed by atoms with Gasteiger partial charge in [-0.1, -0.05) is 6.07 Å². The normalized spacial score (nSPS) is 14.0. The Hall–Kier alpha value is -4.15. The molecule has 11 heteroatoms. The molecular formula is C22H20F2N8O. The summed E-state index contributed by atoms with van der Waals surface area (Å²) in [5, 5.41) is 7.58. The number of hydrogen-bond donors (Lipinski definition) is 1. The third-order valence-electron chi connectivity index (χ3n) is 5.46. The number of carbonyl (C=O) groups is 1. The molecule has 33 heavy (non-hydrogen) atoms. The van der Waals surface area contributed by atoms with Gasteiger partial charge in [-0.05, 0) is 24.3 Å². The van der Waals surface area contributed by atoms with Crippen LogP contribution in [-0.2, 0) is 11.3 Å². The maximum absolute atomic E-state index is 13.4. The number of benzene rings is 1. The van der Waals surface area contributed by atoms with Gasteiger partial charge in [0.15, 0.2) is 17.3 Å². The first-order chi connectivity index (χ1) is 16.1. The molecule has 0 spiro atoms. The van der Waals surface area contributed by atoms with Gasteiger partial charge in [0, 0.05) is 44.1 Å². The van der Waals surface area contributed by atoms with Crippen molar-refractivity contribution in [2.45, 2.75) is 6.54 Å². The lowest BCUT2D eigenvalue weighted by molar-refractivity contribution is -0.116. The van der Waals surface area contributed by atoms with Gasteiger partial charge in [-0.25, -0.2) is 28.4 Å². The number of aromatic nitrogens is 5. The van der Waals surface area contributed by atoms with Crippen molar-refractivity contribution < 1.29 is 13.6 Å². The zero-order valence-corrected chi connectivity index (χ0v) is 17.5. The van der Waals surface area contributed by atoms with E-state index >= 15 is 0 Å². The van der Waals surface area contributed by atoms with Crippen LogP contribution in [-0.4, -0.2) is 56.8 Å². The summed E-state index contributed by atoms with van der Waals surface area (Å²) in [6, 6.07) is 9.05. The van der Waals surface area contributed by atoms with E-state index in [4.69, 9.17) is 0 Å². The third kappa shape index (κ3) is 4.29. The zero-order chi connectivity index (χ0) is 22.8. The summed E-state index contributed by atoms with van der Waals surface area (Å²) in [5.74, 6) is -0.734. The van der Waals surface area contributed by atoms with Crippen LogP contribution in [0.4, 0.5) is 26.1 Å². The van der Waals surface area contributed by atoms with E-state index in [1.165, 1.54) is 17.1 Å². The van der Waals surface area contributed by atoms with Crippen LogP contribution in [0.1, 0.15) is 0 Å². The number of nitrogens with one attached hydrogen (secondary N) is 1. The molecule has 0 unspecified atom stereocenters. The van der Waals surface area contributed by atoms with Gasteiger partial charge in [0.1, 0.15) is 24.5 Å². The Kier molecular flexibility index (Phi) is 5.51.